The third-order valence-corrected chi connectivity index (χ3v) is 4.47. The summed E-state index contributed by atoms with van der Waals surface area (Å²) in [6, 6.07) is 9.06. The van der Waals surface area contributed by atoms with Crippen LogP contribution in [0.25, 0.3) is 0 Å². The molecule has 0 saturated heterocycles. The standard InChI is InChI=1S/C19H23N3O3/c1-2-10-22(13-15-5-3-4-14(11-15)12-20)19(25)21-17-8-6-16(7-9-17)18(23)24/h2-5,11,16-17H,1,6-10,13H2,(H,21,25)(H,23,24). The monoisotopic (exact) mass is 341 g/mol. The first kappa shape index (κ1) is 18.5. The van der Waals surface area contributed by atoms with Crippen LogP contribution in [-0.2, 0) is 11.3 Å². The number of hydrogen-bond donors (Lipinski definition) is 2. The van der Waals surface area contributed by atoms with E-state index >= 15 is 0 Å². The van der Waals surface area contributed by atoms with Crippen molar-refractivity contribution >= 4 is 12.0 Å². The summed E-state index contributed by atoms with van der Waals surface area (Å²) in [6.07, 6.45) is 4.19. The molecule has 0 bridgehead atoms. The van der Waals surface area contributed by atoms with Gasteiger partial charge in [-0.05, 0) is 43.4 Å². The number of hydrogen-bond acceptors (Lipinski definition) is 3. The highest BCUT2D eigenvalue weighted by Crippen LogP contribution is 2.24. The molecule has 25 heavy (non-hydrogen) atoms. The number of rotatable bonds is 6. The Morgan fingerprint density at radius 2 is 2.08 bits per heavy atom. The summed E-state index contributed by atoms with van der Waals surface area (Å²) in [5.74, 6) is -1.05. The van der Waals surface area contributed by atoms with Gasteiger partial charge in [-0.3, -0.25) is 4.79 Å². The molecule has 1 saturated carbocycles. The lowest BCUT2D eigenvalue weighted by Gasteiger charge is -2.30. The lowest BCUT2D eigenvalue weighted by molar-refractivity contribution is -0.142. The quantitative estimate of drug-likeness (QED) is 0.778. The van der Waals surface area contributed by atoms with Crippen LogP contribution in [0.4, 0.5) is 4.79 Å². The molecular weight excluding hydrogens is 318 g/mol. The molecule has 1 aliphatic carbocycles. The van der Waals surface area contributed by atoms with Crippen LogP contribution in [0.2, 0.25) is 0 Å². The van der Waals surface area contributed by atoms with Crippen molar-refractivity contribution in [2.45, 2.75) is 38.3 Å². The summed E-state index contributed by atoms with van der Waals surface area (Å²) < 4.78 is 0. The second-order valence-corrected chi connectivity index (χ2v) is 6.32. The highest BCUT2D eigenvalue weighted by molar-refractivity contribution is 5.75. The van der Waals surface area contributed by atoms with Gasteiger partial charge in [-0.2, -0.15) is 5.26 Å². The van der Waals surface area contributed by atoms with Crippen LogP contribution in [0, 0.1) is 17.2 Å². The van der Waals surface area contributed by atoms with Gasteiger partial charge in [0.05, 0.1) is 17.6 Å². The Balaban J connectivity index is 1.95. The predicted molar refractivity (Wildman–Crippen MR) is 93.7 cm³/mol. The maximum Gasteiger partial charge on any atom is 0.318 e. The summed E-state index contributed by atoms with van der Waals surface area (Å²) in [7, 11) is 0. The minimum Gasteiger partial charge on any atom is -0.481 e. The van der Waals surface area contributed by atoms with Crippen molar-refractivity contribution in [2.75, 3.05) is 6.54 Å². The molecule has 0 heterocycles. The van der Waals surface area contributed by atoms with Crippen molar-refractivity contribution in [1.82, 2.24) is 10.2 Å². The van der Waals surface area contributed by atoms with E-state index < -0.39 is 5.97 Å². The van der Waals surface area contributed by atoms with Crippen molar-refractivity contribution in [1.29, 1.82) is 5.26 Å². The van der Waals surface area contributed by atoms with E-state index in [1.54, 1.807) is 29.2 Å². The van der Waals surface area contributed by atoms with Gasteiger partial charge in [-0.15, -0.1) is 6.58 Å². The second kappa shape index (κ2) is 8.88. The van der Waals surface area contributed by atoms with Crippen molar-refractivity contribution < 1.29 is 14.7 Å². The van der Waals surface area contributed by atoms with Crippen LogP contribution >= 0.6 is 0 Å². The molecule has 0 aromatic heterocycles. The van der Waals surface area contributed by atoms with Gasteiger partial charge >= 0.3 is 12.0 Å². The van der Waals surface area contributed by atoms with E-state index in [0.717, 1.165) is 5.56 Å². The molecule has 0 radical (unpaired) electrons. The minimum absolute atomic E-state index is 0.000795. The molecule has 2 N–H and O–H groups in total. The molecule has 2 amide bonds. The third-order valence-electron chi connectivity index (χ3n) is 4.47. The van der Waals surface area contributed by atoms with Crippen LogP contribution < -0.4 is 5.32 Å². The molecule has 0 atom stereocenters. The van der Waals surface area contributed by atoms with Gasteiger partial charge in [0, 0.05) is 19.1 Å². The highest BCUT2D eigenvalue weighted by atomic mass is 16.4. The SMILES string of the molecule is C=CCN(Cc1cccc(C#N)c1)C(=O)NC1CCC(C(=O)O)CC1. The first-order valence-corrected chi connectivity index (χ1v) is 8.41. The maximum atomic E-state index is 12.6. The third kappa shape index (κ3) is 5.35. The Morgan fingerprint density at radius 3 is 2.68 bits per heavy atom. The highest BCUT2D eigenvalue weighted by Gasteiger charge is 2.27. The van der Waals surface area contributed by atoms with Crippen LogP contribution in [-0.4, -0.2) is 34.6 Å². The summed E-state index contributed by atoms with van der Waals surface area (Å²) in [6.45, 7) is 4.48. The number of carbonyl (C=O) groups excluding carboxylic acids is 1. The Hall–Kier alpha value is -2.81. The lowest BCUT2D eigenvalue weighted by Crippen LogP contribution is -2.46. The number of benzene rings is 1. The molecule has 1 fully saturated rings. The van der Waals surface area contributed by atoms with Crippen molar-refractivity contribution in [3.63, 3.8) is 0 Å². The number of carboxylic acid groups (broad SMARTS) is 1. The topological polar surface area (TPSA) is 93.4 Å². The molecular formula is C19H23N3O3. The van der Waals surface area contributed by atoms with E-state index in [9.17, 15) is 9.59 Å². The number of aliphatic carboxylic acids is 1. The number of carbonyl (C=O) groups is 2. The molecule has 6 heteroatoms. The predicted octanol–water partition coefficient (Wildman–Crippen LogP) is 2.90. The van der Waals surface area contributed by atoms with E-state index in [0.29, 0.717) is 44.3 Å². The molecule has 132 valence electrons. The second-order valence-electron chi connectivity index (χ2n) is 6.32. The first-order valence-electron chi connectivity index (χ1n) is 8.41. The molecule has 1 aliphatic rings. The number of nitriles is 1. The van der Waals surface area contributed by atoms with E-state index in [1.807, 2.05) is 6.07 Å². The van der Waals surface area contributed by atoms with Gasteiger partial charge in [-0.25, -0.2) is 4.79 Å². The van der Waals surface area contributed by atoms with E-state index in [1.165, 1.54) is 0 Å². The number of carboxylic acids is 1. The summed E-state index contributed by atoms with van der Waals surface area (Å²) in [5, 5.41) is 21.0. The number of urea groups is 1. The van der Waals surface area contributed by atoms with E-state index in [2.05, 4.69) is 18.0 Å². The Bertz CT molecular complexity index is 673. The molecule has 1 aromatic carbocycles. The fourth-order valence-electron chi connectivity index (χ4n) is 3.09. The van der Waals surface area contributed by atoms with Gasteiger partial charge in [0.2, 0.25) is 0 Å². The maximum absolute atomic E-state index is 12.6. The van der Waals surface area contributed by atoms with E-state index in [-0.39, 0.29) is 18.0 Å². The molecule has 0 aliphatic heterocycles. The lowest BCUT2D eigenvalue weighted by atomic mass is 9.86. The molecule has 0 unspecified atom stereocenters. The van der Waals surface area contributed by atoms with Gasteiger partial charge in [-0.1, -0.05) is 18.2 Å². The van der Waals surface area contributed by atoms with Crippen molar-refractivity contribution in [3.05, 3.63) is 48.0 Å². The smallest absolute Gasteiger partial charge is 0.318 e. The summed E-state index contributed by atoms with van der Waals surface area (Å²) in [5.41, 5.74) is 1.44. The number of nitrogens with zero attached hydrogens (tertiary/aromatic N) is 2. The Kier molecular flexibility index (Phi) is 6.58. The molecule has 6 nitrogen and oxygen atoms in total. The summed E-state index contributed by atoms with van der Waals surface area (Å²) in [4.78, 5) is 25.2. The van der Waals surface area contributed by atoms with Crippen molar-refractivity contribution in [2.24, 2.45) is 5.92 Å². The van der Waals surface area contributed by atoms with Gasteiger partial charge in [0.25, 0.3) is 0 Å². The fourth-order valence-corrected chi connectivity index (χ4v) is 3.09. The van der Waals surface area contributed by atoms with Crippen LogP contribution in [0.1, 0.15) is 36.8 Å². The van der Waals surface area contributed by atoms with Crippen LogP contribution in [0.15, 0.2) is 36.9 Å². The normalized spacial score (nSPS) is 19.5. The number of nitrogens with one attached hydrogen (secondary N) is 1. The average molecular weight is 341 g/mol. The Morgan fingerprint density at radius 1 is 1.36 bits per heavy atom. The zero-order chi connectivity index (χ0) is 18.2. The molecule has 0 spiro atoms. The summed E-state index contributed by atoms with van der Waals surface area (Å²) >= 11 is 0. The fraction of sp³-hybridized carbons (Fsp3) is 0.421. The Labute approximate surface area is 147 Å². The minimum atomic E-state index is -0.754. The van der Waals surface area contributed by atoms with E-state index in [4.69, 9.17) is 10.4 Å². The first-order chi connectivity index (χ1) is 12.0. The molecule has 1 aromatic rings. The zero-order valence-corrected chi connectivity index (χ0v) is 14.1. The van der Waals surface area contributed by atoms with Crippen LogP contribution in [0.5, 0.6) is 0 Å². The number of amides is 2. The van der Waals surface area contributed by atoms with Gasteiger partial charge in [0.15, 0.2) is 0 Å². The molecule has 2 rings (SSSR count). The van der Waals surface area contributed by atoms with Crippen molar-refractivity contribution in [3.8, 4) is 6.07 Å². The van der Waals surface area contributed by atoms with Crippen LogP contribution in [0.3, 0.4) is 0 Å². The zero-order valence-electron chi connectivity index (χ0n) is 14.1. The average Bonchev–Trinajstić information content (AvgIpc) is 2.62. The van der Waals surface area contributed by atoms with Gasteiger partial charge < -0.3 is 15.3 Å². The van der Waals surface area contributed by atoms with Gasteiger partial charge in [0.1, 0.15) is 0 Å². The largest absolute Gasteiger partial charge is 0.481 e.